The number of rotatable bonds is 71. The number of carbonyl (C=O) groups is 3. The molecule has 0 heterocycles. The fourth-order valence-corrected chi connectivity index (χ4v) is 11.4. The number of esters is 3. The van der Waals surface area contributed by atoms with Crippen LogP contribution in [0.2, 0.25) is 0 Å². The fourth-order valence-electron chi connectivity index (χ4n) is 9.77. The lowest BCUT2D eigenvalue weighted by molar-refractivity contribution is -0.161. The molecule has 16 nitrogen and oxygen atoms in total. The summed E-state index contributed by atoms with van der Waals surface area (Å²) in [7, 11) is -9.80. The van der Waals surface area contributed by atoms with Crippen LogP contribution in [-0.2, 0) is 55.8 Å². The summed E-state index contributed by atoms with van der Waals surface area (Å²) in [5, 5.41) is 20.6. The van der Waals surface area contributed by atoms with Crippen molar-refractivity contribution in [1.29, 1.82) is 0 Å². The van der Waals surface area contributed by atoms with E-state index >= 15 is 0 Å². The van der Waals surface area contributed by atoms with Gasteiger partial charge in [-0.2, -0.15) is 0 Å². The van der Waals surface area contributed by atoms with Crippen LogP contribution in [0, 0.1) is 0 Å². The van der Waals surface area contributed by atoms with Crippen molar-refractivity contribution in [3.8, 4) is 0 Å². The smallest absolute Gasteiger partial charge is 0.463 e. The summed E-state index contributed by atoms with van der Waals surface area (Å²) in [5.41, 5.74) is 0. The number of ether oxygens (including phenoxy) is 3. The molecule has 0 saturated carbocycles. The SMILES string of the molecule is CC/C=C\C/C=C\C/C=C\C/C=C\C/C=C\C/C=C\CCCCCCCCCCC(=O)OCC(O)COP(=O)(O)OCC(O)COP(=O)(O)OCC(COC(=O)CCCCCCC/C=C\C/C=C\C/C=C\C/C=C\C/C=C\CC)OC(=O)CCCCCCC/C=C\CCCCCCCC. The van der Waals surface area contributed by atoms with Gasteiger partial charge in [-0.15, -0.1) is 0 Å². The maximum atomic E-state index is 13.0. The maximum Gasteiger partial charge on any atom is 0.472 e. The standard InChI is InChI=1S/C81H136O16P2/c1-4-7-10-13-16-19-22-25-28-30-32-34-35-36-37-38-39-41-43-44-47-49-52-55-58-61-64-67-79(84)91-70-76(82)71-93-98(87,88)94-72-77(83)73-95-99(89,90)96-75-78(97-81(86)69-66-63-60-57-54-51-46-27-24-21-18-15-12-9-6-3)74-92-80(85)68-65-62-59-56-53-50-48-45-42-40-33-31-29-26-23-20-17-14-11-8-5-2/h7-8,10-11,16-17,19-20,25-29,32-34,36-37,39-41,45-46,48,76-78,82-83H,4-6,9,12-15,18,21-24,30-31,35,38,42-44,47,49-75H2,1-3H3,(H,87,88)(H,89,90)/b10-7-,11-8-,19-16-,20-17-,28-25-,29-26-,34-32-,37-36-,40-33-,41-39-,46-27-,48-45-. The second kappa shape index (κ2) is 73.2. The zero-order valence-electron chi connectivity index (χ0n) is 61.6. The number of hydrogen-bond donors (Lipinski definition) is 4. The zero-order valence-corrected chi connectivity index (χ0v) is 63.4. The Morgan fingerprint density at radius 3 is 0.859 bits per heavy atom. The second-order valence-corrected chi connectivity index (χ2v) is 27.9. The van der Waals surface area contributed by atoms with Gasteiger partial charge in [0.25, 0.3) is 0 Å². The molecular weight excluding hydrogens is 1290 g/mol. The first kappa shape index (κ1) is 94.4. The van der Waals surface area contributed by atoms with Crippen LogP contribution in [-0.4, -0.2) is 95.9 Å². The van der Waals surface area contributed by atoms with E-state index in [9.17, 15) is 43.5 Å². The molecule has 0 saturated heterocycles. The van der Waals surface area contributed by atoms with Gasteiger partial charge in [-0.05, 0) is 141 Å². The van der Waals surface area contributed by atoms with Crippen molar-refractivity contribution < 1.29 is 75.8 Å². The summed E-state index contributed by atoms with van der Waals surface area (Å²) in [6.07, 6.45) is 88.9. The molecule has 0 aliphatic rings. The molecule has 0 aromatic heterocycles. The number of allylic oxidation sites excluding steroid dienone is 24. The number of unbranched alkanes of at least 4 members (excludes halogenated alkanes) is 24. The van der Waals surface area contributed by atoms with E-state index in [4.69, 9.17) is 32.3 Å². The second-order valence-electron chi connectivity index (χ2n) is 25.0. The predicted molar refractivity (Wildman–Crippen MR) is 408 cm³/mol. The monoisotopic (exact) mass is 1430 g/mol. The van der Waals surface area contributed by atoms with Gasteiger partial charge in [-0.1, -0.05) is 276 Å². The molecule has 0 rings (SSSR count). The highest BCUT2D eigenvalue weighted by atomic mass is 31.2. The van der Waals surface area contributed by atoms with E-state index in [1.807, 2.05) is 0 Å². The molecule has 99 heavy (non-hydrogen) atoms. The predicted octanol–water partition coefficient (Wildman–Crippen LogP) is 22.1. The Hall–Kier alpha value is -4.57. The Morgan fingerprint density at radius 1 is 0.293 bits per heavy atom. The number of phosphoric ester groups is 2. The summed E-state index contributed by atoms with van der Waals surface area (Å²) in [5.74, 6) is -1.62. The van der Waals surface area contributed by atoms with Crippen LogP contribution in [0.1, 0.15) is 290 Å². The Kier molecular flexibility index (Phi) is 69.8. The van der Waals surface area contributed by atoms with Crippen LogP contribution >= 0.6 is 15.6 Å². The molecule has 0 aliphatic heterocycles. The lowest BCUT2D eigenvalue weighted by Gasteiger charge is -2.21. The number of hydrogen-bond acceptors (Lipinski definition) is 14. The maximum absolute atomic E-state index is 13.0. The first-order valence-corrected chi connectivity index (χ1v) is 41.1. The minimum Gasteiger partial charge on any atom is -0.463 e. The molecule has 5 unspecified atom stereocenters. The largest absolute Gasteiger partial charge is 0.472 e. The molecule has 0 radical (unpaired) electrons. The molecule has 0 spiro atoms. The van der Waals surface area contributed by atoms with Gasteiger partial charge in [0.1, 0.15) is 25.4 Å². The van der Waals surface area contributed by atoms with E-state index in [1.165, 1.54) is 57.8 Å². The van der Waals surface area contributed by atoms with Crippen LogP contribution < -0.4 is 0 Å². The Labute approximate surface area is 600 Å². The van der Waals surface area contributed by atoms with Crippen molar-refractivity contribution in [1.82, 2.24) is 0 Å². The highest BCUT2D eigenvalue weighted by Gasteiger charge is 2.29. The van der Waals surface area contributed by atoms with Crippen LogP contribution in [0.15, 0.2) is 146 Å². The summed E-state index contributed by atoms with van der Waals surface area (Å²) in [6.45, 7) is 2.40. The zero-order chi connectivity index (χ0) is 72.3. The third-order valence-electron chi connectivity index (χ3n) is 15.5. The van der Waals surface area contributed by atoms with Crippen molar-refractivity contribution in [3.63, 3.8) is 0 Å². The molecule has 0 aromatic carbocycles. The number of carbonyl (C=O) groups excluding carboxylic acids is 3. The van der Waals surface area contributed by atoms with E-state index in [-0.39, 0.29) is 19.3 Å². The minimum atomic E-state index is -4.94. The van der Waals surface area contributed by atoms with Crippen molar-refractivity contribution in [3.05, 3.63) is 146 Å². The Balaban J connectivity index is 4.62. The van der Waals surface area contributed by atoms with Crippen molar-refractivity contribution in [2.45, 2.75) is 309 Å². The van der Waals surface area contributed by atoms with Crippen LogP contribution in [0.5, 0.6) is 0 Å². The van der Waals surface area contributed by atoms with Gasteiger partial charge in [0.2, 0.25) is 0 Å². The molecule has 0 aromatic rings. The lowest BCUT2D eigenvalue weighted by atomic mass is 10.1. The van der Waals surface area contributed by atoms with Gasteiger partial charge in [0.15, 0.2) is 6.10 Å². The van der Waals surface area contributed by atoms with Crippen LogP contribution in [0.25, 0.3) is 0 Å². The van der Waals surface area contributed by atoms with Gasteiger partial charge in [-0.25, -0.2) is 9.13 Å². The molecule has 18 heteroatoms. The quantitative estimate of drug-likeness (QED) is 0.0146. The van der Waals surface area contributed by atoms with Gasteiger partial charge >= 0.3 is 33.6 Å². The van der Waals surface area contributed by atoms with E-state index in [2.05, 4.69) is 167 Å². The molecular formula is C81H136O16P2. The number of aliphatic hydroxyl groups is 2. The van der Waals surface area contributed by atoms with Gasteiger partial charge < -0.3 is 34.2 Å². The first-order valence-electron chi connectivity index (χ1n) is 38.1. The molecule has 0 amide bonds. The van der Waals surface area contributed by atoms with Crippen molar-refractivity contribution in [2.24, 2.45) is 0 Å². The molecule has 566 valence electrons. The summed E-state index contributed by atoms with van der Waals surface area (Å²) >= 11 is 0. The fraction of sp³-hybridized carbons (Fsp3) is 0.667. The average Bonchev–Trinajstić information content (AvgIpc) is 1.44. The minimum absolute atomic E-state index is 0.0867. The Morgan fingerprint density at radius 2 is 0.535 bits per heavy atom. The van der Waals surface area contributed by atoms with E-state index < -0.39 is 91.5 Å². The summed E-state index contributed by atoms with van der Waals surface area (Å²) < 4.78 is 61.1. The molecule has 0 bridgehead atoms. The lowest BCUT2D eigenvalue weighted by Crippen LogP contribution is -2.30. The molecule has 0 fully saturated rings. The van der Waals surface area contributed by atoms with E-state index in [1.54, 1.807) is 0 Å². The highest BCUT2D eigenvalue weighted by molar-refractivity contribution is 7.47. The van der Waals surface area contributed by atoms with Gasteiger partial charge in [-0.3, -0.25) is 32.5 Å². The Bertz CT molecular complexity index is 2380. The third kappa shape index (κ3) is 74.4. The highest BCUT2D eigenvalue weighted by Crippen LogP contribution is 2.45. The third-order valence-corrected chi connectivity index (χ3v) is 17.4. The van der Waals surface area contributed by atoms with Crippen LogP contribution in [0.3, 0.4) is 0 Å². The number of aliphatic hydroxyl groups excluding tert-OH is 2. The average molecular weight is 1430 g/mol. The topological polar surface area (TPSA) is 231 Å². The van der Waals surface area contributed by atoms with Crippen LogP contribution in [0.4, 0.5) is 0 Å². The molecule has 4 N–H and O–H groups in total. The van der Waals surface area contributed by atoms with Gasteiger partial charge in [0, 0.05) is 19.3 Å². The van der Waals surface area contributed by atoms with E-state index in [0.29, 0.717) is 19.3 Å². The van der Waals surface area contributed by atoms with Gasteiger partial charge in [0.05, 0.1) is 26.4 Å². The first-order chi connectivity index (χ1) is 48.2. The molecule has 5 atom stereocenters. The van der Waals surface area contributed by atoms with Crippen molar-refractivity contribution in [2.75, 3.05) is 39.6 Å². The summed E-state index contributed by atoms with van der Waals surface area (Å²) in [6, 6.07) is 0. The molecule has 0 aliphatic carbocycles. The summed E-state index contributed by atoms with van der Waals surface area (Å²) in [4.78, 5) is 58.6. The van der Waals surface area contributed by atoms with E-state index in [0.717, 1.165) is 173 Å². The normalized spacial score (nSPS) is 14.9. The number of phosphoric acid groups is 2. The van der Waals surface area contributed by atoms with Crippen molar-refractivity contribution >= 4 is 33.6 Å².